The van der Waals surface area contributed by atoms with E-state index in [9.17, 15) is 22.8 Å². The smallest absolute Gasteiger partial charge is 0.315 e. The van der Waals surface area contributed by atoms with Crippen LogP contribution in [0.1, 0.15) is 58.5 Å². The van der Waals surface area contributed by atoms with Gasteiger partial charge >= 0.3 is 12.4 Å². The van der Waals surface area contributed by atoms with Crippen molar-refractivity contribution < 1.29 is 32.2 Å². The van der Waals surface area contributed by atoms with Crippen molar-refractivity contribution in [1.82, 2.24) is 14.9 Å². The molecule has 0 radical (unpaired) electrons. The molecule has 0 aliphatic carbocycles. The molecular weight excluding hydrogens is 463 g/mol. The predicted molar refractivity (Wildman–Crippen MR) is 122 cm³/mol. The van der Waals surface area contributed by atoms with E-state index in [-0.39, 0.29) is 12.4 Å². The molecule has 0 unspecified atom stereocenters. The zero-order valence-corrected chi connectivity index (χ0v) is 20.4. The van der Waals surface area contributed by atoms with Gasteiger partial charge in [0.1, 0.15) is 29.9 Å². The predicted octanol–water partition coefficient (Wildman–Crippen LogP) is 4.66. The third-order valence-corrected chi connectivity index (χ3v) is 5.51. The van der Waals surface area contributed by atoms with Crippen LogP contribution in [-0.2, 0) is 25.5 Å². The van der Waals surface area contributed by atoms with E-state index in [4.69, 9.17) is 9.47 Å². The lowest BCUT2D eigenvalue weighted by molar-refractivity contribution is -0.159. The first-order chi connectivity index (χ1) is 16.3. The zero-order chi connectivity index (χ0) is 26.0. The van der Waals surface area contributed by atoms with Crippen LogP contribution in [0.2, 0.25) is 0 Å². The Balaban J connectivity index is 1.70. The number of carbonyl (C=O) groups is 2. The van der Waals surface area contributed by atoms with Crippen molar-refractivity contribution in [2.75, 3.05) is 6.67 Å². The molecule has 1 aliphatic rings. The molecule has 1 aliphatic heterocycles. The van der Waals surface area contributed by atoms with E-state index in [0.717, 1.165) is 16.0 Å². The average Bonchev–Trinajstić information content (AvgIpc) is 3.06. The van der Waals surface area contributed by atoms with Gasteiger partial charge in [0, 0.05) is 24.4 Å². The van der Waals surface area contributed by atoms with Crippen molar-refractivity contribution in [2.45, 2.75) is 77.4 Å². The van der Waals surface area contributed by atoms with Gasteiger partial charge in [0.2, 0.25) is 0 Å². The summed E-state index contributed by atoms with van der Waals surface area (Å²) < 4.78 is 51.1. The highest BCUT2D eigenvalue weighted by Crippen LogP contribution is 2.42. The molecule has 2 atom stereocenters. The number of aromatic nitrogens is 2. The van der Waals surface area contributed by atoms with Crippen molar-refractivity contribution in [3.8, 4) is 11.1 Å². The minimum Gasteiger partial charge on any atom is -0.460 e. The number of hydrogen-bond acceptors (Lipinski definition) is 6. The van der Waals surface area contributed by atoms with Crippen LogP contribution >= 0.6 is 0 Å². The summed E-state index contributed by atoms with van der Waals surface area (Å²) in [5.74, 6) is -1.27. The van der Waals surface area contributed by atoms with Crippen molar-refractivity contribution in [3.05, 3.63) is 48.0 Å². The molecule has 1 aromatic carbocycles. The van der Waals surface area contributed by atoms with Gasteiger partial charge in [-0.25, -0.2) is 14.4 Å². The molecule has 35 heavy (non-hydrogen) atoms. The number of hydrogen-bond donors (Lipinski definition) is 0. The van der Waals surface area contributed by atoms with Gasteiger partial charge in [-0.2, -0.15) is 8.78 Å². The number of esters is 1. The monoisotopic (exact) mass is 493 g/mol. The number of aryl methyl sites for hydroxylation is 1. The van der Waals surface area contributed by atoms with Gasteiger partial charge < -0.3 is 14.4 Å². The zero-order valence-electron chi connectivity index (χ0n) is 20.4. The fourth-order valence-corrected chi connectivity index (χ4v) is 4.06. The Labute approximate surface area is 202 Å². The summed E-state index contributed by atoms with van der Waals surface area (Å²) in [6.45, 7) is 7.32. The van der Waals surface area contributed by atoms with Crippen molar-refractivity contribution in [2.24, 2.45) is 0 Å². The molecular formula is C25H30F3N3O4. The molecule has 1 amide bonds. The maximum absolute atomic E-state index is 13.9. The highest BCUT2D eigenvalue weighted by Gasteiger charge is 2.52. The molecule has 0 spiro atoms. The number of benzene rings is 1. The molecule has 1 aromatic heterocycles. The van der Waals surface area contributed by atoms with Crippen LogP contribution in [0.25, 0.3) is 11.1 Å². The number of amides is 1. The highest BCUT2D eigenvalue weighted by atomic mass is 19.3. The quantitative estimate of drug-likeness (QED) is 0.522. The summed E-state index contributed by atoms with van der Waals surface area (Å²) in [5, 5.41) is 0. The molecule has 0 bridgehead atoms. The second-order valence-electron chi connectivity index (χ2n) is 9.81. The Hall–Kier alpha value is -3.01. The largest absolute Gasteiger partial charge is 0.460 e. The lowest BCUT2D eigenvalue weighted by Crippen LogP contribution is -2.51. The molecule has 3 rings (SSSR count). The van der Waals surface area contributed by atoms with E-state index in [2.05, 4.69) is 9.97 Å². The normalized spacial score (nSPS) is 19.7. The fraction of sp³-hybridized carbons (Fsp3) is 0.520. The highest BCUT2D eigenvalue weighted by molar-refractivity contribution is 5.80. The third kappa shape index (κ3) is 6.36. The van der Waals surface area contributed by atoms with E-state index in [1.54, 1.807) is 57.4 Å². The third-order valence-electron chi connectivity index (χ3n) is 5.51. The molecule has 7 nitrogen and oxygen atoms in total. The molecule has 1 saturated heterocycles. The van der Waals surface area contributed by atoms with Gasteiger partial charge in [-0.3, -0.25) is 9.59 Å². The van der Waals surface area contributed by atoms with Crippen LogP contribution < -0.4 is 0 Å². The number of nitrogens with zero attached hydrogens (tertiary/aromatic N) is 3. The first-order valence-electron chi connectivity index (χ1n) is 11.3. The Morgan fingerprint density at radius 1 is 1.11 bits per heavy atom. The second-order valence-corrected chi connectivity index (χ2v) is 9.81. The van der Waals surface area contributed by atoms with Gasteiger partial charge in [0.25, 0.3) is 5.91 Å². The summed E-state index contributed by atoms with van der Waals surface area (Å²) in [4.78, 5) is 33.3. The Morgan fingerprint density at radius 2 is 1.71 bits per heavy atom. The Morgan fingerprint density at radius 3 is 2.23 bits per heavy atom. The molecule has 0 saturated carbocycles. The average molecular weight is 494 g/mol. The lowest BCUT2D eigenvalue weighted by Gasteiger charge is -2.32. The number of carbonyl (C=O) groups excluding carboxylic acids is 2. The van der Waals surface area contributed by atoms with Gasteiger partial charge in [0.15, 0.2) is 0 Å². The Kier molecular flexibility index (Phi) is 7.83. The minimum atomic E-state index is -3.25. The van der Waals surface area contributed by atoms with Crippen molar-refractivity contribution in [1.29, 1.82) is 0 Å². The Bertz CT molecular complexity index is 1040. The van der Waals surface area contributed by atoms with Gasteiger partial charge in [0.05, 0.1) is 12.5 Å². The minimum absolute atomic E-state index is 0.171. The van der Waals surface area contributed by atoms with E-state index in [1.165, 1.54) is 13.8 Å². The maximum atomic E-state index is 13.9. The van der Waals surface area contributed by atoms with E-state index < -0.39 is 42.5 Å². The first kappa shape index (κ1) is 26.6. The van der Waals surface area contributed by atoms with Gasteiger partial charge in [-0.05, 0) is 45.7 Å². The summed E-state index contributed by atoms with van der Waals surface area (Å²) in [5.41, 5.74) is 0.137. The summed E-state index contributed by atoms with van der Waals surface area (Å²) in [6, 6.07) is 5.76. The summed E-state index contributed by atoms with van der Waals surface area (Å²) >= 11 is 0. The first-order valence-corrected chi connectivity index (χ1v) is 11.3. The van der Waals surface area contributed by atoms with E-state index in [0.29, 0.717) is 17.8 Å². The molecule has 190 valence electrons. The molecule has 10 heteroatoms. The van der Waals surface area contributed by atoms with Crippen LogP contribution in [0.5, 0.6) is 0 Å². The van der Waals surface area contributed by atoms with Crippen LogP contribution in [0.4, 0.5) is 13.2 Å². The van der Waals surface area contributed by atoms with Crippen LogP contribution in [0, 0.1) is 0 Å². The lowest BCUT2D eigenvalue weighted by atomic mass is 9.99. The van der Waals surface area contributed by atoms with E-state index >= 15 is 0 Å². The number of alkyl halides is 3. The SMILES string of the molecule is CC(C)(C)OC(=O)CCc1ncc(-c2ccc([C@H]3OC(C)(C)N(C(=O)C(F)F)[C@H]3CF)cc2)cn1. The van der Waals surface area contributed by atoms with Crippen LogP contribution in [-0.4, -0.2) is 57.2 Å². The molecule has 2 aromatic rings. The number of halogens is 3. The molecule has 0 N–H and O–H groups in total. The van der Waals surface area contributed by atoms with Gasteiger partial charge in [-0.1, -0.05) is 24.3 Å². The number of rotatable bonds is 7. The topological polar surface area (TPSA) is 81.6 Å². The second kappa shape index (κ2) is 10.3. The van der Waals surface area contributed by atoms with Crippen molar-refractivity contribution in [3.63, 3.8) is 0 Å². The van der Waals surface area contributed by atoms with Gasteiger partial charge in [-0.15, -0.1) is 0 Å². The maximum Gasteiger partial charge on any atom is 0.315 e. The number of ether oxygens (including phenoxy) is 2. The fourth-order valence-electron chi connectivity index (χ4n) is 4.06. The van der Waals surface area contributed by atoms with Crippen molar-refractivity contribution >= 4 is 11.9 Å². The molecule has 2 heterocycles. The summed E-state index contributed by atoms with van der Waals surface area (Å²) in [6.07, 6.45) is -0.353. The molecule has 1 fully saturated rings. The van der Waals surface area contributed by atoms with E-state index in [1.807, 2.05) is 0 Å². The van der Waals surface area contributed by atoms with Crippen LogP contribution in [0.3, 0.4) is 0 Å². The van der Waals surface area contributed by atoms with Crippen LogP contribution in [0.15, 0.2) is 36.7 Å². The summed E-state index contributed by atoms with van der Waals surface area (Å²) in [7, 11) is 0. The standard InChI is InChI=1S/C25H30F3N3O4/c1-24(2,3)34-20(32)11-10-19-29-13-17(14-30-19)15-6-8-16(9-7-15)21-18(12-26)31(23(33)22(27)28)25(4,5)35-21/h6-9,13-14,18,21-22H,10-12H2,1-5H3/t18-,21+/m0/s1.